The van der Waals surface area contributed by atoms with Crippen LogP contribution in [0.5, 0.6) is 0 Å². The van der Waals surface area contributed by atoms with Crippen LogP contribution in [0.2, 0.25) is 0 Å². The van der Waals surface area contributed by atoms with E-state index in [-0.39, 0.29) is 5.56 Å². The highest BCUT2D eigenvalue weighted by Crippen LogP contribution is 2.33. The van der Waals surface area contributed by atoms with Crippen LogP contribution < -0.4 is 5.56 Å². The van der Waals surface area contributed by atoms with Crippen molar-refractivity contribution >= 4 is 12.2 Å². The quantitative estimate of drug-likeness (QED) is 0.838. The normalized spacial score (nSPS) is 18.3. The highest BCUT2D eigenvalue weighted by molar-refractivity contribution is 7.71. The lowest BCUT2D eigenvalue weighted by molar-refractivity contribution is 0.486. The highest BCUT2D eigenvalue weighted by atomic mass is 32.1. The maximum atomic E-state index is 13.0. The van der Waals surface area contributed by atoms with E-state index in [9.17, 15) is 4.79 Å². The molecule has 2 heterocycles. The van der Waals surface area contributed by atoms with Crippen molar-refractivity contribution in [1.82, 2.24) is 19.7 Å². The Hall–Kier alpha value is -1.69. The van der Waals surface area contributed by atoms with Gasteiger partial charge >= 0.3 is 0 Å². The van der Waals surface area contributed by atoms with E-state index in [1.54, 1.807) is 0 Å². The standard InChI is InChI=1S/C15H18N4OS/c20-14-11(13-16-15(21)18-17-13)8-9-4-3-7-12(9)19(14)10-5-1-2-6-10/h8,10H,1-7H2,(H2,16,17,18,21). The summed E-state index contributed by atoms with van der Waals surface area (Å²) in [7, 11) is 0. The van der Waals surface area contributed by atoms with Gasteiger partial charge in [-0.3, -0.25) is 15.0 Å². The second-order valence-corrected chi connectivity index (χ2v) is 6.40. The van der Waals surface area contributed by atoms with Crippen molar-refractivity contribution in [3.05, 3.63) is 32.4 Å². The molecule has 0 bridgehead atoms. The molecule has 6 heteroatoms. The summed E-state index contributed by atoms with van der Waals surface area (Å²) in [6.45, 7) is 0. The third-order valence-corrected chi connectivity index (χ3v) is 4.93. The first kappa shape index (κ1) is 13.0. The number of hydrogen-bond donors (Lipinski definition) is 2. The first-order valence-electron chi connectivity index (χ1n) is 7.66. The molecule has 0 aliphatic heterocycles. The van der Waals surface area contributed by atoms with Gasteiger partial charge in [-0.15, -0.1) is 0 Å². The fraction of sp³-hybridized carbons (Fsp3) is 0.533. The summed E-state index contributed by atoms with van der Waals surface area (Å²) in [6, 6.07) is 2.38. The van der Waals surface area contributed by atoms with Gasteiger partial charge in [0.15, 0.2) is 5.82 Å². The van der Waals surface area contributed by atoms with Gasteiger partial charge in [0, 0.05) is 11.7 Å². The van der Waals surface area contributed by atoms with Gasteiger partial charge in [0.1, 0.15) is 0 Å². The summed E-state index contributed by atoms with van der Waals surface area (Å²) in [4.78, 5) is 17.2. The Balaban J connectivity index is 1.95. The minimum atomic E-state index is 0.0836. The molecule has 0 radical (unpaired) electrons. The summed E-state index contributed by atoms with van der Waals surface area (Å²) >= 11 is 5.01. The van der Waals surface area contributed by atoms with Gasteiger partial charge in [0.25, 0.3) is 5.56 Å². The number of aromatic nitrogens is 4. The number of rotatable bonds is 2. The Bertz CT molecular complexity index is 795. The summed E-state index contributed by atoms with van der Waals surface area (Å²) < 4.78 is 2.45. The van der Waals surface area contributed by atoms with Crippen molar-refractivity contribution in [2.75, 3.05) is 0 Å². The van der Waals surface area contributed by atoms with E-state index in [0.29, 0.717) is 22.2 Å². The molecule has 2 aliphatic carbocycles. The molecular formula is C15H18N4OS. The molecular weight excluding hydrogens is 284 g/mol. The van der Waals surface area contributed by atoms with E-state index >= 15 is 0 Å². The summed E-state index contributed by atoms with van der Waals surface area (Å²) in [5, 5.41) is 5.70. The Kier molecular flexibility index (Phi) is 3.06. The predicted molar refractivity (Wildman–Crippen MR) is 83.0 cm³/mol. The Labute approximate surface area is 127 Å². The molecule has 4 rings (SSSR count). The predicted octanol–water partition coefficient (Wildman–Crippen LogP) is 2.90. The van der Waals surface area contributed by atoms with E-state index in [1.807, 2.05) is 6.07 Å². The molecule has 0 amide bonds. The van der Waals surface area contributed by atoms with Crippen molar-refractivity contribution < 1.29 is 0 Å². The van der Waals surface area contributed by atoms with Crippen molar-refractivity contribution in [3.63, 3.8) is 0 Å². The molecule has 5 nitrogen and oxygen atoms in total. The van der Waals surface area contributed by atoms with Crippen LogP contribution in [0, 0.1) is 4.77 Å². The third-order valence-electron chi connectivity index (χ3n) is 4.74. The minimum Gasteiger partial charge on any atom is -0.309 e. The molecule has 1 saturated carbocycles. The van der Waals surface area contributed by atoms with Gasteiger partial charge in [-0.2, -0.15) is 4.98 Å². The molecule has 0 atom stereocenters. The second-order valence-electron chi connectivity index (χ2n) is 6.01. The van der Waals surface area contributed by atoms with Crippen LogP contribution in [0.3, 0.4) is 0 Å². The zero-order valence-corrected chi connectivity index (χ0v) is 12.6. The summed E-state index contributed by atoms with van der Waals surface area (Å²) in [6.07, 6.45) is 7.90. The fourth-order valence-electron chi connectivity index (χ4n) is 3.79. The van der Waals surface area contributed by atoms with Crippen LogP contribution in [-0.4, -0.2) is 19.7 Å². The van der Waals surface area contributed by atoms with E-state index in [0.717, 1.165) is 32.1 Å². The zero-order chi connectivity index (χ0) is 14.4. The van der Waals surface area contributed by atoms with Crippen LogP contribution in [0.25, 0.3) is 11.4 Å². The number of fused-ring (bicyclic) bond motifs is 1. The van der Waals surface area contributed by atoms with E-state index in [4.69, 9.17) is 12.2 Å². The smallest absolute Gasteiger partial charge is 0.262 e. The van der Waals surface area contributed by atoms with E-state index < -0.39 is 0 Å². The van der Waals surface area contributed by atoms with Gasteiger partial charge in [0.2, 0.25) is 4.77 Å². The molecule has 0 spiro atoms. The molecule has 2 aliphatic rings. The SMILES string of the molecule is O=c1c(-c2nc(=S)[nH][nH]2)cc2c(n1C1CCCC1)CCC2. The highest BCUT2D eigenvalue weighted by Gasteiger charge is 2.26. The second kappa shape index (κ2) is 4.94. The molecule has 1 fully saturated rings. The van der Waals surface area contributed by atoms with Crippen molar-refractivity contribution in [2.24, 2.45) is 0 Å². The van der Waals surface area contributed by atoms with Crippen LogP contribution in [-0.2, 0) is 12.8 Å². The average Bonchev–Trinajstić information content (AvgIpc) is 3.18. The average molecular weight is 302 g/mol. The Morgan fingerprint density at radius 2 is 2.00 bits per heavy atom. The van der Waals surface area contributed by atoms with Gasteiger partial charge in [-0.25, -0.2) is 0 Å². The van der Waals surface area contributed by atoms with Gasteiger partial charge < -0.3 is 4.57 Å². The van der Waals surface area contributed by atoms with Crippen LogP contribution >= 0.6 is 12.2 Å². The monoisotopic (exact) mass is 302 g/mol. The van der Waals surface area contributed by atoms with Gasteiger partial charge in [-0.1, -0.05) is 12.8 Å². The number of pyridine rings is 1. The lowest BCUT2D eigenvalue weighted by Crippen LogP contribution is -2.28. The number of aromatic amines is 2. The van der Waals surface area contributed by atoms with Crippen LogP contribution in [0.15, 0.2) is 10.9 Å². The first-order chi connectivity index (χ1) is 10.2. The van der Waals surface area contributed by atoms with Gasteiger partial charge in [-0.05, 0) is 56.0 Å². The molecule has 2 N–H and O–H groups in total. The number of hydrogen-bond acceptors (Lipinski definition) is 3. The lowest BCUT2D eigenvalue weighted by Gasteiger charge is -2.19. The number of nitrogens with one attached hydrogen (secondary N) is 2. The largest absolute Gasteiger partial charge is 0.309 e. The van der Waals surface area contributed by atoms with Crippen molar-refractivity contribution in [1.29, 1.82) is 0 Å². The fourth-order valence-corrected chi connectivity index (χ4v) is 3.93. The third kappa shape index (κ3) is 2.09. The lowest BCUT2D eigenvalue weighted by atomic mass is 10.1. The number of aryl methyl sites for hydroxylation is 1. The Morgan fingerprint density at radius 1 is 1.19 bits per heavy atom. The molecule has 2 aromatic heterocycles. The zero-order valence-electron chi connectivity index (χ0n) is 11.8. The Morgan fingerprint density at radius 3 is 2.71 bits per heavy atom. The van der Waals surface area contributed by atoms with Crippen LogP contribution in [0.1, 0.15) is 49.4 Å². The van der Waals surface area contributed by atoms with Crippen molar-refractivity contribution in [3.8, 4) is 11.4 Å². The maximum Gasteiger partial charge on any atom is 0.262 e. The van der Waals surface area contributed by atoms with Crippen molar-refractivity contribution in [2.45, 2.75) is 51.0 Å². The maximum absolute atomic E-state index is 13.0. The number of H-pyrrole nitrogens is 2. The van der Waals surface area contributed by atoms with E-state index in [1.165, 1.54) is 24.1 Å². The topological polar surface area (TPSA) is 66.5 Å². The number of nitrogens with zero attached hydrogens (tertiary/aromatic N) is 2. The van der Waals surface area contributed by atoms with E-state index in [2.05, 4.69) is 19.7 Å². The molecule has 0 saturated heterocycles. The molecule has 0 unspecified atom stereocenters. The molecule has 110 valence electrons. The molecule has 21 heavy (non-hydrogen) atoms. The summed E-state index contributed by atoms with van der Waals surface area (Å²) in [5.41, 5.74) is 3.29. The molecule has 0 aromatic carbocycles. The molecule has 2 aromatic rings. The van der Waals surface area contributed by atoms with Gasteiger partial charge in [0.05, 0.1) is 5.56 Å². The summed E-state index contributed by atoms with van der Waals surface area (Å²) in [5.74, 6) is 0.562. The first-order valence-corrected chi connectivity index (χ1v) is 8.07. The van der Waals surface area contributed by atoms with Crippen LogP contribution in [0.4, 0.5) is 0 Å². The minimum absolute atomic E-state index is 0.0836.